The number of aliphatic imine (C=N–C) groups is 1. The number of guanidine groups is 1. The molecule has 10 heteroatoms. The number of nitrogens with zero attached hydrogens (tertiary/aromatic N) is 4. The van der Waals surface area contributed by atoms with Crippen LogP contribution in [0.1, 0.15) is 37.7 Å². The van der Waals surface area contributed by atoms with Crippen LogP contribution < -0.4 is 15.4 Å². The lowest BCUT2D eigenvalue weighted by Gasteiger charge is -2.23. The fourth-order valence-corrected chi connectivity index (χ4v) is 2.42. The molecule has 0 atom stereocenters. The minimum absolute atomic E-state index is 0.0525. The summed E-state index contributed by atoms with van der Waals surface area (Å²) in [6, 6.07) is 3.97. The van der Waals surface area contributed by atoms with Gasteiger partial charge in [0.25, 0.3) is 0 Å². The molecule has 0 fully saturated rings. The molecule has 0 aliphatic rings. The number of ether oxygens (including phenoxy) is 1. The molecule has 0 bridgehead atoms. The zero-order valence-electron chi connectivity index (χ0n) is 16.6. The Labute approximate surface area is 162 Å². The van der Waals surface area contributed by atoms with Crippen LogP contribution in [0.4, 0.5) is 13.2 Å². The van der Waals surface area contributed by atoms with Crippen LogP contribution >= 0.6 is 0 Å². The molecule has 0 saturated heterocycles. The van der Waals surface area contributed by atoms with Gasteiger partial charge in [0.15, 0.2) is 11.8 Å². The molecule has 0 spiro atoms. The predicted molar refractivity (Wildman–Crippen MR) is 99.9 cm³/mol. The number of aromatic nitrogens is 3. The Morgan fingerprint density at radius 2 is 1.86 bits per heavy atom. The third kappa shape index (κ3) is 6.14. The molecule has 1 aromatic carbocycles. The van der Waals surface area contributed by atoms with Crippen LogP contribution in [-0.4, -0.2) is 33.4 Å². The van der Waals surface area contributed by atoms with E-state index >= 15 is 0 Å². The van der Waals surface area contributed by atoms with Crippen LogP contribution in [0.5, 0.6) is 5.75 Å². The molecule has 0 aliphatic carbocycles. The third-order valence-electron chi connectivity index (χ3n) is 3.70. The van der Waals surface area contributed by atoms with Crippen molar-refractivity contribution >= 4 is 5.96 Å². The first-order chi connectivity index (χ1) is 13.0. The SMILES string of the molecule is CN=C(NCc1ccc(OC(C)(C)C)cc1C(F)(F)F)NCc1nncn1C. The van der Waals surface area contributed by atoms with E-state index in [0.717, 1.165) is 6.07 Å². The van der Waals surface area contributed by atoms with Crippen molar-refractivity contribution in [1.29, 1.82) is 0 Å². The Morgan fingerprint density at radius 3 is 2.39 bits per heavy atom. The molecule has 7 nitrogen and oxygen atoms in total. The molecule has 2 aromatic rings. The van der Waals surface area contributed by atoms with Crippen molar-refractivity contribution in [3.05, 3.63) is 41.5 Å². The fraction of sp³-hybridized carbons (Fsp3) is 0.500. The Hall–Kier alpha value is -2.78. The standard InChI is InChI=1S/C18H25F3N6O/c1-17(2,3)28-13-7-6-12(14(8-13)18(19,20)21)9-23-16(22-4)24-10-15-26-25-11-27(15)5/h6-8,11H,9-10H2,1-5H3,(H2,22,23,24). The predicted octanol–water partition coefficient (Wildman–Crippen LogP) is 2.88. The van der Waals surface area contributed by atoms with Gasteiger partial charge in [0.2, 0.25) is 0 Å². The van der Waals surface area contributed by atoms with Gasteiger partial charge in [0.1, 0.15) is 17.7 Å². The van der Waals surface area contributed by atoms with Gasteiger partial charge in [-0.25, -0.2) is 0 Å². The number of hydrogen-bond donors (Lipinski definition) is 2. The second-order valence-corrected chi connectivity index (χ2v) is 7.17. The van der Waals surface area contributed by atoms with E-state index in [1.165, 1.54) is 19.2 Å². The van der Waals surface area contributed by atoms with E-state index < -0.39 is 17.3 Å². The molecule has 0 unspecified atom stereocenters. The van der Waals surface area contributed by atoms with E-state index in [1.54, 1.807) is 38.7 Å². The van der Waals surface area contributed by atoms with Crippen molar-refractivity contribution in [1.82, 2.24) is 25.4 Å². The van der Waals surface area contributed by atoms with Gasteiger partial charge in [0.05, 0.1) is 12.1 Å². The second kappa shape index (κ2) is 8.49. The van der Waals surface area contributed by atoms with E-state index in [-0.39, 0.29) is 17.9 Å². The van der Waals surface area contributed by atoms with Crippen LogP contribution in [0.25, 0.3) is 0 Å². The zero-order chi connectivity index (χ0) is 20.9. The highest BCUT2D eigenvalue weighted by molar-refractivity contribution is 5.79. The summed E-state index contributed by atoms with van der Waals surface area (Å²) in [7, 11) is 3.33. The molecular weight excluding hydrogens is 373 g/mol. The largest absolute Gasteiger partial charge is 0.488 e. The molecule has 0 saturated carbocycles. The van der Waals surface area contributed by atoms with Gasteiger partial charge in [-0.15, -0.1) is 10.2 Å². The molecule has 154 valence electrons. The average Bonchev–Trinajstić information content (AvgIpc) is 2.98. The number of alkyl halides is 3. The van der Waals surface area contributed by atoms with Gasteiger partial charge in [-0.05, 0) is 38.5 Å². The zero-order valence-corrected chi connectivity index (χ0v) is 16.6. The molecule has 2 rings (SSSR count). The smallest absolute Gasteiger partial charge is 0.416 e. The highest BCUT2D eigenvalue weighted by atomic mass is 19.4. The second-order valence-electron chi connectivity index (χ2n) is 7.17. The number of nitrogens with one attached hydrogen (secondary N) is 2. The highest BCUT2D eigenvalue weighted by Crippen LogP contribution is 2.35. The number of aryl methyl sites for hydroxylation is 1. The molecule has 2 N–H and O–H groups in total. The van der Waals surface area contributed by atoms with Gasteiger partial charge in [-0.3, -0.25) is 4.99 Å². The summed E-state index contributed by atoms with van der Waals surface area (Å²) in [5.74, 6) is 1.20. The van der Waals surface area contributed by atoms with E-state index in [1.807, 2.05) is 0 Å². The summed E-state index contributed by atoms with van der Waals surface area (Å²) >= 11 is 0. The maximum absolute atomic E-state index is 13.5. The number of rotatable bonds is 5. The van der Waals surface area contributed by atoms with Crippen molar-refractivity contribution in [2.75, 3.05) is 7.05 Å². The first-order valence-electron chi connectivity index (χ1n) is 8.66. The van der Waals surface area contributed by atoms with Crippen molar-refractivity contribution in [3.8, 4) is 5.75 Å². The number of halogens is 3. The summed E-state index contributed by atoms with van der Waals surface area (Å²) in [5, 5.41) is 13.6. The lowest BCUT2D eigenvalue weighted by molar-refractivity contribution is -0.138. The van der Waals surface area contributed by atoms with Crippen molar-refractivity contribution in [2.45, 2.75) is 45.6 Å². The third-order valence-corrected chi connectivity index (χ3v) is 3.70. The molecular formula is C18H25F3N6O. The molecule has 0 amide bonds. The van der Waals surface area contributed by atoms with Crippen LogP contribution in [-0.2, 0) is 26.3 Å². The summed E-state index contributed by atoms with van der Waals surface area (Å²) in [6.45, 7) is 5.62. The maximum Gasteiger partial charge on any atom is 0.416 e. The topological polar surface area (TPSA) is 76.4 Å². The van der Waals surface area contributed by atoms with Gasteiger partial charge >= 0.3 is 6.18 Å². The quantitative estimate of drug-likeness (QED) is 0.598. The minimum atomic E-state index is -4.50. The molecule has 0 radical (unpaired) electrons. The van der Waals surface area contributed by atoms with Crippen LogP contribution in [0.15, 0.2) is 29.5 Å². The Kier molecular flexibility index (Phi) is 6.52. The average molecular weight is 398 g/mol. The van der Waals surface area contributed by atoms with E-state index in [4.69, 9.17) is 4.74 Å². The Morgan fingerprint density at radius 1 is 1.18 bits per heavy atom. The summed E-state index contributed by atoms with van der Waals surface area (Å²) < 4.78 is 47.8. The fourth-order valence-electron chi connectivity index (χ4n) is 2.42. The van der Waals surface area contributed by atoms with E-state index in [2.05, 4.69) is 25.8 Å². The van der Waals surface area contributed by atoms with Crippen molar-refractivity contribution in [3.63, 3.8) is 0 Å². The minimum Gasteiger partial charge on any atom is -0.488 e. The number of benzene rings is 1. The highest BCUT2D eigenvalue weighted by Gasteiger charge is 2.34. The summed E-state index contributed by atoms with van der Waals surface area (Å²) in [4.78, 5) is 4.02. The van der Waals surface area contributed by atoms with Gasteiger partial charge < -0.3 is 19.9 Å². The number of hydrogen-bond acceptors (Lipinski definition) is 4. The van der Waals surface area contributed by atoms with Gasteiger partial charge in [-0.1, -0.05) is 6.07 Å². The van der Waals surface area contributed by atoms with E-state index in [9.17, 15) is 13.2 Å². The molecule has 28 heavy (non-hydrogen) atoms. The van der Waals surface area contributed by atoms with E-state index in [0.29, 0.717) is 18.3 Å². The maximum atomic E-state index is 13.5. The van der Waals surface area contributed by atoms with Crippen molar-refractivity contribution < 1.29 is 17.9 Å². The monoisotopic (exact) mass is 398 g/mol. The van der Waals surface area contributed by atoms with Crippen LogP contribution in [0, 0.1) is 0 Å². The van der Waals surface area contributed by atoms with Gasteiger partial charge in [-0.2, -0.15) is 13.2 Å². The van der Waals surface area contributed by atoms with Crippen molar-refractivity contribution in [2.24, 2.45) is 12.0 Å². The Bertz CT molecular complexity index is 823. The van der Waals surface area contributed by atoms with Crippen LogP contribution in [0.3, 0.4) is 0 Å². The first-order valence-corrected chi connectivity index (χ1v) is 8.66. The van der Waals surface area contributed by atoms with Crippen LogP contribution in [0.2, 0.25) is 0 Å². The molecule has 0 aliphatic heterocycles. The molecule has 1 heterocycles. The summed E-state index contributed by atoms with van der Waals surface area (Å²) in [5.41, 5.74) is -1.24. The first kappa shape index (κ1) is 21.5. The summed E-state index contributed by atoms with van der Waals surface area (Å²) in [6.07, 6.45) is -2.94. The molecule has 1 aromatic heterocycles. The van der Waals surface area contributed by atoms with Gasteiger partial charge in [0, 0.05) is 20.6 Å². The Balaban J connectivity index is 2.10. The normalized spacial score (nSPS) is 12.8. The lowest BCUT2D eigenvalue weighted by atomic mass is 10.1. The lowest BCUT2D eigenvalue weighted by Crippen LogP contribution is -2.37.